The number of nitrogens with zero attached hydrogens (tertiary/aromatic N) is 7. The van der Waals surface area contributed by atoms with Gasteiger partial charge in [-0.2, -0.15) is 5.10 Å². The summed E-state index contributed by atoms with van der Waals surface area (Å²) in [7, 11) is 1.49. The standard InChI is InChI=1S/C26H24F3N7O/c1-3-35-14-30-21-19(13-31-32-24(21)35)16-4-5-20(27)18(12-16)17-8-11-36-23(33-34-25(36)22(17)37-2)15-6-9-26(28,29)10-7-15/h4-5,8,11-15H,3,6-7,9-10H2,1-2H3. The van der Waals surface area contributed by atoms with Gasteiger partial charge in [-0.15, -0.1) is 15.3 Å². The molecule has 4 aromatic heterocycles. The lowest BCUT2D eigenvalue weighted by molar-refractivity contribution is -0.0388. The van der Waals surface area contributed by atoms with Gasteiger partial charge >= 0.3 is 0 Å². The van der Waals surface area contributed by atoms with Gasteiger partial charge in [-0.05, 0) is 43.5 Å². The van der Waals surface area contributed by atoms with Gasteiger partial charge < -0.3 is 9.30 Å². The van der Waals surface area contributed by atoms with Crippen LogP contribution in [-0.2, 0) is 6.54 Å². The summed E-state index contributed by atoms with van der Waals surface area (Å²) >= 11 is 0. The maximum atomic E-state index is 15.2. The third-order valence-corrected chi connectivity index (χ3v) is 7.16. The number of alkyl halides is 2. The normalized spacial score (nSPS) is 16.0. The highest BCUT2D eigenvalue weighted by Gasteiger charge is 2.37. The Hall–Kier alpha value is -4.02. The minimum atomic E-state index is -2.63. The van der Waals surface area contributed by atoms with Gasteiger partial charge in [0.25, 0.3) is 0 Å². The number of imidazole rings is 1. The molecule has 1 fully saturated rings. The van der Waals surface area contributed by atoms with Crippen molar-refractivity contribution in [3.05, 3.63) is 54.6 Å². The summed E-state index contributed by atoms with van der Waals surface area (Å²) in [6.07, 6.45) is 5.39. The van der Waals surface area contributed by atoms with E-state index in [-0.39, 0.29) is 18.8 Å². The number of benzene rings is 1. The average molecular weight is 508 g/mol. The molecule has 1 aliphatic carbocycles. The Morgan fingerprint density at radius 2 is 1.84 bits per heavy atom. The van der Waals surface area contributed by atoms with Gasteiger partial charge in [0.15, 0.2) is 11.4 Å². The van der Waals surface area contributed by atoms with Crippen LogP contribution in [0.3, 0.4) is 0 Å². The SMILES string of the molecule is CCn1cnc2c(-c3ccc(F)c(-c4ccn5c(C6CCC(F)(F)CC6)nnc5c4OC)c3)cnnc21. The van der Waals surface area contributed by atoms with Gasteiger partial charge in [0.05, 0.1) is 19.6 Å². The lowest BCUT2D eigenvalue weighted by Crippen LogP contribution is -2.24. The Morgan fingerprint density at radius 3 is 2.59 bits per heavy atom. The molecule has 1 saturated carbocycles. The molecule has 11 heteroatoms. The second kappa shape index (κ2) is 8.82. The van der Waals surface area contributed by atoms with E-state index >= 15 is 4.39 Å². The first-order valence-electron chi connectivity index (χ1n) is 12.2. The Kier molecular flexibility index (Phi) is 5.58. The van der Waals surface area contributed by atoms with Crippen molar-refractivity contribution in [3.8, 4) is 28.0 Å². The Bertz CT molecular complexity index is 1620. The third-order valence-electron chi connectivity index (χ3n) is 7.16. The van der Waals surface area contributed by atoms with E-state index in [9.17, 15) is 8.78 Å². The van der Waals surface area contributed by atoms with Gasteiger partial charge in [-0.25, -0.2) is 18.2 Å². The molecule has 0 saturated heterocycles. The number of fused-ring (bicyclic) bond motifs is 2. The molecule has 0 unspecified atom stereocenters. The fourth-order valence-electron chi connectivity index (χ4n) is 5.16. The molecular formula is C26H24F3N7O. The molecule has 0 spiro atoms. The quantitative estimate of drug-likeness (QED) is 0.305. The Morgan fingerprint density at radius 1 is 1.03 bits per heavy atom. The van der Waals surface area contributed by atoms with Gasteiger partial charge in [0, 0.05) is 48.2 Å². The highest BCUT2D eigenvalue weighted by atomic mass is 19.3. The predicted molar refractivity (Wildman–Crippen MR) is 131 cm³/mol. The van der Waals surface area contributed by atoms with Crippen LogP contribution in [0.15, 0.2) is 43.0 Å². The van der Waals surface area contributed by atoms with Crippen molar-refractivity contribution in [2.45, 2.75) is 51.0 Å². The highest BCUT2D eigenvalue weighted by molar-refractivity contribution is 5.91. The number of pyridine rings is 1. The maximum Gasteiger partial charge on any atom is 0.248 e. The van der Waals surface area contributed by atoms with Crippen molar-refractivity contribution in [2.24, 2.45) is 0 Å². The Balaban J connectivity index is 1.44. The molecule has 37 heavy (non-hydrogen) atoms. The zero-order chi connectivity index (χ0) is 25.7. The minimum absolute atomic E-state index is 0.130. The molecular weight excluding hydrogens is 483 g/mol. The van der Waals surface area contributed by atoms with E-state index in [4.69, 9.17) is 4.74 Å². The van der Waals surface area contributed by atoms with Gasteiger partial charge in [0.1, 0.15) is 17.2 Å². The van der Waals surface area contributed by atoms with Crippen LogP contribution < -0.4 is 4.74 Å². The van der Waals surface area contributed by atoms with E-state index in [0.717, 1.165) is 11.1 Å². The predicted octanol–water partition coefficient (Wildman–Crippen LogP) is 5.66. The number of rotatable bonds is 5. The van der Waals surface area contributed by atoms with Crippen LogP contribution in [0.5, 0.6) is 5.75 Å². The largest absolute Gasteiger partial charge is 0.492 e. The lowest BCUT2D eigenvalue weighted by atomic mass is 9.86. The summed E-state index contributed by atoms with van der Waals surface area (Å²) in [4.78, 5) is 4.49. The van der Waals surface area contributed by atoms with Gasteiger partial charge in [0.2, 0.25) is 11.6 Å². The molecule has 0 amide bonds. The van der Waals surface area contributed by atoms with Crippen molar-refractivity contribution in [3.63, 3.8) is 0 Å². The molecule has 0 aliphatic heterocycles. The highest BCUT2D eigenvalue weighted by Crippen LogP contribution is 2.42. The molecule has 1 aromatic carbocycles. The van der Waals surface area contributed by atoms with Crippen LogP contribution in [0.4, 0.5) is 13.2 Å². The summed E-state index contributed by atoms with van der Waals surface area (Å²) in [6, 6.07) is 6.55. The summed E-state index contributed by atoms with van der Waals surface area (Å²) in [5, 5.41) is 16.9. The van der Waals surface area contributed by atoms with E-state index in [1.165, 1.54) is 13.2 Å². The topological polar surface area (TPSA) is 83.0 Å². The van der Waals surface area contributed by atoms with Crippen LogP contribution in [0.2, 0.25) is 0 Å². The number of hydrogen-bond acceptors (Lipinski definition) is 6. The monoisotopic (exact) mass is 507 g/mol. The van der Waals surface area contributed by atoms with E-state index in [2.05, 4.69) is 25.4 Å². The number of hydrogen-bond donors (Lipinski definition) is 0. The molecule has 190 valence electrons. The zero-order valence-corrected chi connectivity index (χ0v) is 20.3. The second-order valence-electron chi connectivity index (χ2n) is 9.30. The molecule has 5 aromatic rings. The van der Waals surface area contributed by atoms with E-state index in [1.54, 1.807) is 41.3 Å². The average Bonchev–Trinajstić information content (AvgIpc) is 3.53. The number of aryl methyl sites for hydroxylation is 1. The first-order valence-corrected chi connectivity index (χ1v) is 12.2. The van der Waals surface area contributed by atoms with E-state index in [1.807, 2.05) is 11.5 Å². The van der Waals surface area contributed by atoms with Crippen molar-refractivity contribution in [1.29, 1.82) is 0 Å². The number of aromatic nitrogens is 7. The molecule has 0 atom stereocenters. The number of methoxy groups -OCH3 is 1. The summed E-state index contributed by atoms with van der Waals surface area (Å²) in [5.74, 6) is -2.23. The Labute approximate surface area is 210 Å². The number of halogens is 3. The van der Waals surface area contributed by atoms with Crippen LogP contribution in [-0.4, -0.2) is 47.4 Å². The first-order chi connectivity index (χ1) is 17.9. The molecule has 0 radical (unpaired) electrons. The van der Waals surface area contributed by atoms with Gasteiger partial charge in [-0.1, -0.05) is 6.07 Å². The summed E-state index contributed by atoms with van der Waals surface area (Å²) in [6.45, 7) is 2.69. The van der Waals surface area contributed by atoms with Crippen LogP contribution in [0.1, 0.15) is 44.3 Å². The fraction of sp³-hybridized carbons (Fsp3) is 0.346. The fourth-order valence-corrected chi connectivity index (χ4v) is 5.16. The first kappa shape index (κ1) is 23.4. The minimum Gasteiger partial charge on any atom is -0.492 e. The van der Waals surface area contributed by atoms with E-state index < -0.39 is 11.7 Å². The lowest BCUT2D eigenvalue weighted by Gasteiger charge is -2.27. The second-order valence-corrected chi connectivity index (χ2v) is 9.30. The molecule has 1 aliphatic rings. The van der Waals surface area contributed by atoms with Crippen molar-refractivity contribution >= 4 is 16.8 Å². The van der Waals surface area contributed by atoms with Crippen molar-refractivity contribution in [1.82, 2.24) is 34.3 Å². The molecule has 8 nitrogen and oxygen atoms in total. The molecule has 0 bridgehead atoms. The van der Waals surface area contributed by atoms with Crippen molar-refractivity contribution < 1.29 is 17.9 Å². The smallest absolute Gasteiger partial charge is 0.248 e. The van der Waals surface area contributed by atoms with Crippen molar-refractivity contribution in [2.75, 3.05) is 7.11 Å². The summed E-state index contributed by atoms with van der Waals surface area (Å²) in [5.41, 5.74) is 4.02. The third kappa shape index (κ3) is 3.89. The maximum absolute atomic E-state index is 15.2. The van der Waals surface area contributed by atoms with E-state index in [0.29, 0.717) is 58.9 Å². The van der Waals surface area contributed by atoms with Crippen LogP contribution in [0, 0.1) is 5.82 Å². The molecule has 4 heterocycles. The number of ether oxygens (including phenoxy) is 1. The van der Waals surface area contributed by atoms with Crippen LogP contribution in [0.25, 0.3) is 39.1 Å². The van der Waals surface area contributed by atoms with Gasteiger partial charge in [-0.3, -0.25) is 4.40 Å². The molecule has 0 N–H and O–H groups in total. The van der Waals surface area contributed by atoms with Crippen LogP contribution >= 0.6 is 0 Å². The molecule has 6 rings (SSSR count). The zero-order valence-electron chi connectivity index (χ0n) is 20.3. The summed E-state index contributed by atoms with van der Waals surface area (Å²) < 4.78 is 51.9.